The van der Waals surface area contributed by atoms with Gasteiger partial charge in [0.15, 0.2) is 0 Å². The Labute approximate surface area is 158 Å². The molecule has 0 saturated carbocycles. The number of hydrogen-bond donors (Lipinski definition) is 1. The molecule has 1 aromatic carbocycles. The Morgan fingerprint density at radius 3 is 2.96 bits per heavy atom. The van der Waals surface area contributed by atoms with Crippen molar-refractivity contribution >= 4 is 17.7 Å². The molecule has 5 nitrogen and oxygen atoms in total. The van der Waals surface area contributed by atoms with Crippen LogP contribution in [0.1, 0.15) is 34.7 Å². The van der Waals surface area contributed by atoms with Crippen LogP contribution in [-0.2, 0) is 5.75 Å². The van der Waals surface area contributed by atoms with Crippen molar-refractivity contribution in [2.75, 3.05) is 26.7 Å². The Kier molecular flexibility index (Phi) is 6.52. The predicted molar refractivity (Wildman–Crippen MR) is 104 cm³/mol. The molecule has 2 aromatic rings. The van der Waals surface area contributed by atoms with Gasteiger partial charge >= 0.3 is 0 Å². The highest BCUT2D eigenvalue weighted by Crippen LogP contribution is 2.26. The highest BCUT2D eigenvalue weighted by atomic mass is 32.2. The van der Waals surface area contributed by atoms with Crippen molar-refractivity contribution < 1.29 is 9.32 Å². The van der Waals surface area contributed by atoms with Gasteiger partial charge in [0.25, 0.3) is 5.91 Å². The van der Waals surface area contributed by atoms with E-state index >= 15 is 0 Å². The maximum absolute atomic E-state index is 12.6. The second kappa shape index (κ2) is 9.05. The number of likely N-dealkylation sites (N-methyl/N-ethyl adjacent to an activating group) is 1. The van der Waals surface area contributed by atoms with Crippen LogP contribution < -0.4 is 5.32 Å². The third-order valence-electron chi connectivity index (χ3n) is 4.42. The molecule has 0 fully saturated rings. The van der Waals surface area contributed by atoms with Gasteiger partial charge in [-0.15, -0.1) is 11.8 Å². The van der Waals surface area contributed by atoms with E-state index < -0.39 is 0 Å². The maximum Gasteiger partial charge on any atom is 0.252 e. The number of rotatable bonds is 7. The normalized spacial score (nSPS) is 14.9. The van der Waals surface area contributed by atoms with Crippen molar-refractivity contribution in [1.82, 2.24) is 15.4 Å². The predicted octanol–water partition coefficient (Wildman–Crippen LogP) is 3.66. The second-order valence-electron chi connectivity index (χ2n) is 6.60. The highest BCUT2D eigenvalue weighted by Gasteiger charge is 2.13. The van der Waals surface area contributed by atoms with Crippen molar-refractivity contribution in [3.05, 3.63) is 59.0 Å². The molecule has 0 atom stereocenters. The molecule has 2 heterocycles. The molecule has 1 aliphatic heterocycles. The minimum atomic E-state index is -0.0182. The molecule has 1 aliphatic rings. The molecule has 0 unspecified atom stereocenters. The first-order valence-electron chi connectivity index (χ1n) is 8.90. The van der Waals surface area contributed by atoms with Crippen LogP contribution in [0.25, 0.3) is 0 Å². The molecule has 138 valence electrons. The van der Waals surface area contributed by atoms with E-state index in [2.05, 4.69) is 28.5 Å². The molecule has 0 spiro atoms. The summed E-state index contributed by atoms with van der Waals surface area (Å²) in [6.07, 6.45) is 4.29. The van der Waals surface area contributed by atoms with Crippen LogP contribution in [0.5, 0.6) is 0 Å². The number of benzene rings is 1. The summed E-state index contributed by atoms with van der Waals surface area (Å²) in [4.78, 5) is 15.8. The fourth-order valence-electron chi connectivity index (χ4n) is 2.88. The Bertz CT molecular complexity index is 785. The Hall–Kier alpha value is -2.05. The molecule has 6 heteroatoms. The molecule has 1 amide bonds. The van der Waals surface area contributed by atoms with E-state index in [0.29, 0.717) is 17.9 Å². The number of amides is 1. The van der Waals surface area contributed by atoms with Crippen LogP contribution in [0.15, 0.2) is 51.4 Å². The quantitative estimate of drug-likeness (QED) is 0.595. The zero-order chi connectivity index (χ0) is 18.4. The summed E-state index contributed by atoms with van der Waals surface area (Å²) in [5.74, 6) is 1.46. The van der Waals surface area contributed by atoms with Gasteiger partial charge in [-0.1, -0.05) is 28.9 Å². The van der Waals surface area contributed by atoms with Gasteiger partial charge in [-0.25, -0.2) is 0 Å². The summed E-state index contributed by atoms with van der Waals surface area (Å²) >= 11 is 1.59. The van der Waals surface area contributed by atoms with E-state index in [4.69, 9.17) is 4.52 Å². The first-order valence-corrected chi connectivity index (χ1v) is 9.89. The van der Waals surface area contributed by atoms with Crippen LogP contribution in [0.2, 0.25) is 0 Å². The number of carbonyl (C=O) groups excluding carboxylic acids is 1. The molecule has 1 aromatic heterocycles. The van der Waals surface area contributed by atoms with E-state index in [1.165, 1.54) is 5.57 Å². The third kappa shape index (κ3) is 5.22. The van der Waals surface area contributed by atoms with Crippen molar-refractivity contribution in [1.29, 1.82) is 0 Å². The minimum Gasteiger partial charge on any atom is -0.360 e. The smallest absolute Gasteiger partial charge is 0.252 e. The molecule has 0 bridgehead atoms. The molecular formula is C20H25N3O2S. The number of nitrogens with one attached hydrogen (secondary N) is 1. The van der Waals surface area contributed by atoms with Gasteiger partial charge in [0.2, 0.25) is 0 Å². The summed E-state index contributed by atoms with van der Waals surface area (Å²) in [5.41, 5.74) is 3.02. The van der Waals surface area contributed by atoms with Gasteiger partial charge in [-0.3, -0.25) is 4.79 Å². The average molecular weight is 372 g/mol. The highest BCUT2D eigenvalue weighted by molar-refractivity contribution is 7.98. The lowest BCUT2D eigenvalue weighted by Crippen LogP contribution is -2.28. The lowest BCUT2D eigenvalue weighted by atomic mass is 10.1. The second-order valence-corrected chi connectivity index (χ2v) is 7.62. The fraction of sp³-hybridized carbons (Fsp3) is 0.400. The Balaban J connectivity index is 1.53. The topological polar surface area (TPSA) is 58.4 Å². The van der Waals surface area contributed by atoms with Crippen molar-refractivity contribution in [2.45, 2.75) is 30.4 Å². The number of nitrogens with zero attached hydrogens (tertiary/aromatic N) is 2. The summed E-state index contributed by atoms with van der Waals surface area (Å²) in [6, 6.07) is 9.62. The minimum absolute atomic E-state index is 0.0182. The zero-order valence-corrected chi connectivity index (χ0v) is 16.1. The largest absolute Gasteiger partial charge is 0.360 e. The van der Waals surface area contributed by atoms with Crippen molar-refractivity contribution in [3.8, 4) is 0 Å². The molecule has 0 saturated heterocycles. The van der Waals surface area contributed by atoms with Gasteiger partial charge in [0.1, 0.15) is 5.76 Å². The Morgan fingerprint density at radius 1 is 1.38 bits per heavy atom. The molecular weight excluding hydrogens is 346 g/mol. The van der Waals surface area contributed by atoms with Gasteiger partial charge in [-0.05, 0) is 38.9 Å². The summed E-state index contributed by atoms with van der Waals surface area (Å²) < 4.78 is 5.24. The zero-order valence-electron chi connectivity index (χ0n) is 15.3. The summed E-state index contributed by atoms with van der Waals surface area (Å²) in [5, 5.41) is 6.96. The van der Waals surface area contributed by atoms with Crippen molar-refractivity contribution in [3.63, 3.8) is 0 Å². The van der Waals surface area contributed by atoms with E-state index in [9.17, 15) is 4.79 Å². The lowest BCUT2D eigenvalue weighted by molar-refractivity contribution is 0.0951. The van der Waals surface area contributed by atoms with Crippen LogP contribution in [-0.4, -0.2) is 42.6 Å². The van der Waals surface area contributed by atoms with Crippen LogP contribution in [0.4, 0.5) is 0 Å². The number of carbonyl (C=O) groups is 1. The van der Waals surface area contributed by atoms with Crippen molar-refractivity contribution in [2.24, 2.45) is 0 Å². The maximum atomic E-state index is 12.6. The number of thioether (sulfide) groups is 1. The van der Waals surface area contributed by atoms with E-state index in [1.54, 1.807) is 11.8 Å². The van der Waals surface area contributed by atoms with Crippen LogP contribution in [0, 0.1) is 6.92 Å². The molecule has 26 heavy (non-hydrogen) atoms. The number of aryl methyl sites for hydroxylation is 1. The summed E-state index contributed by atoms with van der Waals surface area (Å²) in [7, 11) is 2.13. The van der Waals surface area contributed by atoms with Gasteiger partial charge in [-0.2, -0.15) is 0 Å². The summed E-state index contributed by atoms with van der Waals surface area (Å²) in [6.45, 7) is 4.68. The monoisotopic (exact) mass is 371 g/mol. The van der Waals surface area contributed by atoms with Crippen LogP contribution >= 0.6 is 11.8 Å². The van der Waals surface area contributed by atoms with E-state index in [1.807, 2.05) is 37.3 Å². The fourth-order valence-corrected chi connectivity index (χ4v) is 3.81. The number of aromatic nitrogens is 1. The van der Waals surface area contributed by atoms with Crippen LogP contribution in [0.3, 0.4) is 0 Å². The van der Waals surface area contributed by atoms with Gasteiger partial charge in [0.05, 0.1) is 17.0 Å². The average Bonchev–Trinajstić information content (AvgIpc) is 3.07. The molecule has 1 N–H and O–H groups in total. The molecule has 0 aliphatic carbocycles. The first kappa shape index (κ1) is 18.7. The van der Waals surface area contributed by atoms with E-state index in [-0.39, 0.29) is 5.91 Å². The molecule has 3 rings (SSSR count). The molecule has 0 radical (unpaired) electrons. The van der Waals surface area contributed by atoms with Gasteiger partial charge < -0.3 is 14.7 Å². The van der Waals surface area contributed by atoms with E-state index in [0.717, 1.165) is 42.3 Å². The van der Waals surface area contributed by atoms with Gasteiger partial charge in [0, 0.05) is 30.6 Å². The third-order valence-corrected chi connectivity index (χ3v) is 5.51. The SMILES string of the molecule is Cc1cc(CSc2ccccc2C(=O)NCCC2=CCN(C)CC2)on1. The standard InChI is InChI=1S/C20H25N3O2S/c1-15-13-17(25-22-15)14-26-19-6-4-3-5-18(19)20(24)21-10-7-16-8-11-23(2)12-9-16/h3-6,8,13H,7,9-12,14H2,1-2H3,(H,21,24). The Morgan fingerprint density at radius 2 is 2.23 bits per heavy atom. The first-order chi connectivity index (χ1) is 12.6. The lowest BCUT2D eigenvalue weighted by Gasteiger charge is -2.22. The number of hydrogen-bond acceptors (Lipinski definition) is 5.